The Balaban J connectivity index is 2.56. The van der Waals surface area contributed by atoms with Crippen molar-refractivity contribution in [2.24, 2.45) is 0 Å². The van der Waals surface area contributed by atoms with Crippen molar-refractivity contribution >= 4 is 15.7 Å². The maximum Gasteiger partial charge on any atom is 0.243 e. The van der Waals surface area contributed by atoms with Crippen LogP contribution in [0.15, 0.2) is 11.0 Å². The van der Waals surface area contributed by atoms with Crippen LogP contribution in [0.2, 0.25) is 0 Å². The highest BCUT2D eigenvalue weighted by Gasteiger charge is 2.38. The van der Waals surface area contributed by atoms with Crippen LogP contribution in [0.5, 0.6) is 0 Å². The highest BCUT2D eigenvalue weighted by atomic mass is 32.2. The Morgan fingerprint density at radius 1 is 1.25 bits per heavy atom. The Bertz CT molecular complexity index is 619. The Kier molecular flexibility index (Phi) is 4.12. The molecule has 1 aliphatic carbocycles. The first-order chi connectivity index (χ1) is 9.30. The van der Waals surface area contributed by atoms with E-state index >= 15 is 0 Å². The van der Waals surface area contributed by atoms with Crippen LogP contribution in [0.1, 0.15) is 42.9 Å². The van der Waals surface area contributed by atoms with E-state index in [1.54, 1.807) is 11.2 Å². The Morgan fingerprint density at radius 3 is 2.35 bits per heavy atom. The van der Waals surface area contributed by atoms with Gasteiger partial charge in [-0.05, 0) is 56.7 Å². The third kappa shape index (κ3) is 2.56. The van der Waals surface area contributed by atoms with Crippen molar-refractivity contribution in [3.63, 3.8) is 0 Å². The molecule has 0 spiro atoms. The summed E-state index contributed by atoms with van der Waals surface area (Å²) < 4.78 is 27.6. The van der Waals surface area contributed by atoms with E-state index in [0.717, 1.165) is 30.4 Å². The van der Waals surface area contributed by atoms with E-state index in [1.807, 2.05) is 26.8 Å². The number of hydrogen-bond donors (Lipinski definition) is 1. The van der Waals surface area contributed by atoms with E-state index in [1.165, 1.54) is 0 Å². The first kappa shape index (κ1) is 15.3. The largest absolute Gasteiger partial charge is 0.398 e. The summed E-state index contributed by atoms with van der Waals surface area (Å²) in [5.41, 5.74) is 9.03. The molecular formula is C15H24N2O2S. The second-order valence-electron chi connectivity index (χ2n) is 5.73. The van der Waals surface area contributed by atoms with Crippen molar-refractivity contribution in [3.05, 3.63) is 22.8 Å². The molecule has 1 saturated carbocycles. The lowest BCUT2D eigenvalue weighted by atomic mass is 10.1. The molecule has 0 radical (unpaired) electrons. The number of hydrogen-bond acceptors (Lipinski definition) is 3. The molecule has 1 aromatic rings. The summed E-state index contributed by atoms with van der Waals surface area (Å²) in [4.78, 5) is 0.404. The van der Waals surface area contributed by atoms with Crippen LogP contribution >= 0.6 is 0 Å². The lowest BCUT2D eigenvalue weighted by Crippen LogP contribution is -2.34. The van der Waals surface area contributed by atoms with Gasteiger partial charge >= 0.3 is 0 Å². The predicted octanol–water partition coefficient (Wildman–Crippen LogP) is 2.76. The lowest BCUT2D eigenvalue weighted by molar-refractivity contribution is 0.402. The van der Waals surface area contributed by atoms with Gasteiger partial charge in [-0.1, -0.05) is 13.0 Å². The summed E-state index contributed by atoms with van der Waals surface area (Å²) >= 11 is 0. The van der Waals surface area contributed by atoms with Gasteiger partial charge in [0.25, 0.3) is 0 Å². The number of sulfonamides is 1. The molecule has 0 aliphatic heterocycles. The number of nitrogens with zero attached hydrogens (tertiary/aromatic N) is 1. The molecule has 0 bridgehead atoms. The van der Waals surface area contributed by atoms with Gasteiger partial charge < -0.3 is 5.73 Å². The van der Waals surface area contributed by atoms with E-state index in [2.05, 4.69) is 0 Å². The van der Waals surface area contributed by atoms with Crippen molar-refractivity contribution in [2.45, 2.75) is 57.9 Å². The fraction of sp³-hybridized carbons (Fsp3) is 0.600. The number of benzene rings is 1. The van der Waals surface area contributed by atoms with E-state index in [4.69, 9.17) is 5.73 Å². The summed E-state index contributed by atoms with van der Waals surface area (Å²) in [7, 11) is -3.45. The quantitative estimate of drug-likeness (QED) is 0.850. The van der Waals surface area contributed by atoms with Gasteiger partial charge in [-0.25, -0.2) is 8.42 Å². The van der Waals surface area contributed by atoms with Crippen molar-refractivity contribution in [3.8, 4) is 0 Å². The average molecular weight is 296 g/mol. The smallest absolute Gasteiger partial charge is 0.243 e. The van der Waals surface area contributed by atoms with E-state index in [-0.39, 0.29) is 6.04 Å². The summed E-state index contributed by atoms with van der Waals surface area (Å²) in [6, 6.07) is 2.05. The summed E-state index contributed by atoms with van der Waals surface area (Å²) in [5, 5.41) is 0. The van der Waals surface area contributed by atoms with Gasteiger partial charge in [-0.2, -0.15) is 4.31 Å². The molecular weight excluding hydrogens is 272 g/mol. The minimum absolute atomic E-state index is 0.182. The summed E-state index contributed by atoms with van der Waals surface area (Å²) in [6.45, 7) is 8.16. The van der Waals surface area contributed by atoms with Crippen LogP contribution in [0.3, 0.4) is 0 Å². The second-order valence-corrected chi connectivity index (χ2v) is 7.55. The average Bonchev–Trinajstić information content (AvgIpc) is 3.16. The molecule has 2 N–H and O–H groups in total. The maximum absolute atomic E-state index is 13.0. The van der Waals surface area contributed by atoms with Gasteiger partial charge in [0.2, 0.25) is 10.0 Å². The minimum atomic E-state index is -3.45. The zero-order valence-corrected chi connectivity index (χ0v) is 13.5. The molecule has 0 heterocycles. The summed E-state index contributed by atoms with van der Waals surface area (Å²) in [5.74, 6) is 0. The number of nitrogen functional groups attached to an aromatic ring is 1. The van der Waals surface area contributed by atoms with Crippen LogP contribution in [0.4, 0.5) is 5.69 Å². The van der Waals surface area contributed by atoms with Crippen LogP contribution < -0.4 is 5.73 Å². The van der Waals surface area contributed by atoms with Crippen LogP contribution in [-0.2, 0) is 10.0 Å². The highest BCUT2D eigenvalue weighted by molar-refractivity contribution is 7.89. The van der Waals surface area contributed by atoms with Crippen LogP contribution in [0, 0.1) is 20.8 Å². The Morgan fingerprint density at radius 2 is 1.85 bits per heavy atom. The zero-order valence-electron chi connectivity index (χ0n) is 12.7. The van der Waals surface area contributed by atoms with Crippen molar-refractivity contribution in [1.29, 1.82) is 0 Å². The Hall–Kier alpha value is -1.07. The number of rotatable bonds is 5. The molecule has 0 unspecified atom stereocenters. The standard InChI is InChI=1S/C15H24N2O2S/c1-5-8-17(13-6-7-13)20(18,19)15-11(3)9-10(2)14(16)12(15)4/h9,13H,5-8,16H2,1-4H3. The molecule has 2 rings (SSSR count). The van der Waals surface area contributed by atoms with Gasteiger partial charge in [-0.3, -0.25) is 0 Å². The molecule has 112 valence electrons. The second kappa shape index (κ2) is 5.37. The fourth-order valence-corrected chi connectivity index (χ4v) is 5.00. The van der Waals surface area contributed by atoms with Crippen molar-refractivity contribution in [2.75, 3.05) is 12.3 Å². The van der Waals surface area contributed by atoms with E-state index in [0.29, 0.717) is 22.7 Å². The lowest BCUT2D eigenvalue weighted by Gasteiger charge is -2.24. The number of anilines is 1. The van der Waals surface area contributed by atoms with E-state index < -0.39 is 10.0 Å². The molecule has 5 heteroatoms. The molecule has 4 nitrogen and oxygen atoms in total. The molecule has 1 aromatic carbocycles. The highest BCUT2D eigenvalue weighted by Crippen LogP contribution is 2.36. The number of aryl methyl sites for hydroxylation is 2. The normalized spacial score (nSPS) is 15.8. The third-order valence-corrected chi connectivity index (χ3v) is 6.17. The van der Waals surface area contributed by atoms with Gasteiger partial charge in [0.1, 0.15) is 0 Å². The molecule has 20 heavy (non-hydrogen) atoms. The Labute approximate surface area is 122 Å². The van der Waals surface area contributed by atoms with Gasteiger partial charge in [0, 0.05) is 18.3 Å². The van der Waals surface area contributed by atoms with Gasteiger partial charge in [0.05, 0.1) is 4.90 Å². The predicted molar refractivity (Wildman–Crippen MR) is 82.3 cm³/mol. The maximum atomic E-state index is 13.0. The monoisotopic (exact) mass is 296 g/mol. The van der Waals surface area contributed by atoms with Crippen molar-refractivity contribution in [1.82, 2.24) is 4.31 Å². The van der Waals surface area contributed by atoms with Crippen molar-refractivity contribution < 1.29 is 8.42 Å². The zero-order chi connectivity index (χ0) is 15.1. The number of nitrogens with two attached hydrogens (primary N) is 1. The minimum Gasteiger partial charge on any atom is -0.398 e. The molecule has 0 aromatic heterocycles. The molecule has 0 atom stereocenters. The molecule has 1 aliphatic rings. The fourth-order valence-electron chi connectivity index (χ4n) is 2.78. The SMILES string of the molecule is CCCN(C1CC1)S(=O)(=O)c1c(C)cc(C)c(N)c1C. The third-order valence-electron chi connectivity index (χ3n) is 3.93. The molecule has 0 amide bonds. The first-order valence-corrected chi connectivity index (χ1v) is 8.62. The van der Waals surface area contributed by atoms with Gasteiger partial charge in [0.15, 0.2) is 0 Å². The van der Waals surface area contributed by atoms with Gasteiger partial charge in [-0.15, -0.1) is 0 Å². The molecule has 0 saturated heterocycles. The first-order valence-electron chi connectivity index (χ1n) is 7.18. The van der Waals surface area contributed by atoms with Crippen LogP contribution in [-0.4, -0.2) is 25.3 Å². The molecule has 1 fully saturated rings. The summed E-state index contributed by atoms with van der Waals surface area (Å²) in [6.07, 6.45) is 2.77. The van der Waals surface area contributed by atoms with E-state index in [9.17, 15) is 8.42 Å². The topological polar surface area (TPSA) is 63.4 Å². The van der Waals surface area contributed by atoms with Crippen LogP contribution in [0.25, 0.3) is 0 Å².